The molecule has 1 aromatic carbocycles. The highest BCUT2D eigenvalue weighted by Crippen LogP contribution is 2.28. The molecule has 7 heteroatoms. The lowest BCUT2D eigenvalue weighted by Gasteiger charge is -2.14. The summed E-state index contributed by atoms with van der Waals surface area (Å²) >= 11 is 1.61. The van der Waals surface area contributed by atoms with Crippen LogP contribution < -0.4 is 11.1 Å². The van der Waals surface area contributed by atoms with Gasteiger partial charge in [-0.05, 0) is 35.7 Å². The highest BCUT2D eigenvalue weighted by molar-refractivity contribution is 7.10. The van der Waals surface area contributed by atoms with Crippen LogP contribution in [0.5, 0.6) is 0 Å². The number of para-hydroxylation sites is 2. The number of rotatable bonds is 6. The largest absolute Gasteiger partial charge is 0.469 e. The van der Waals surface area contributed by atoms with Gasteiger partial charge in [-0.1, -0.05) is 18.2 Å². The molecule has 1 unspecified atom stereocenters. The number of amides is 1. The van der Waals surface area contributed by atoms with Crippen molar-refractivity contribution in [3.8, 4) is 0 Å². The third-order valence-electron chi connectivity index (χ3n) is 4.15. The van der Waals surface area contributed by atoms with Gasteiger partial charge in [-0.3, -0.25) is 9.36 Å². The highest BCUT2D eigenvalue weighted by atomic mass is 32.1. The van der Waals surface area contributed by atoms with Gasteiger partial charge in [-0.15, -0.1) is 11.3 Å². The summed E-state index contributed by atoms with van der Waals surface area (Å²) in [5.74, 6) is -0.0700. The van der Waals surface area contributed by atoms with Crippen LogP contribution >= 0.6 is 11.3 Å². The predicted molar refractivity (Wildman–Crippen MR) is 98.4 cm³/mol. The number of hydrogen-bond acceptors (Lipinski definition) is 5. The van der Waals surface area contributed by atoms with Crippen molar-refractivity contribution in [1.82, 2.24) is 9.88 Å². The molecular weight excluding hydrogens is 352 g/mol. The molecule has 0 aliphatic carbocycles. The van der Waals surface area contributed by atoms with Crippen LogP contribution in [-0.2, 0) is 11.3 Å². The third-order valence-corrected chi connectivity index (χ3v) is 5.14. The fourth-order valence-corrected chi connectivity index (χ4v) is 3.73. The van der Waals surface area contributed by atoms with Gasteiger partial charge in [0.15, 0.2) is 5.58 Å². The lowest BCUT2D eigenvalue weighted by molar-refractivity contribution is -0.121. The van der Waals surface area contributed by atoms with Crippen LogP contribution in [0, 0.1) is 0 Å². The summed E-state index contributed by atoms with van der Waals surface area (Å²) in [5, 5.41) is 4.89. The molecule has 3 heterocycles. The zero-order chi connectivity index (χ0) is 17.9. The van der Waals surface area contributed by atoms with Gasteiger partial charge >= 0.3 is 5.76 Å². The number of nitrogens with zero attached hydrogens (tertiary/aromatic N) is 1. The van der Waals surface area contributed by atoms with E-state index >= 15 is 0 Å². The summed E-state index contributed by atoms with van der Waals surface area (Å²) in [7, 11) is 0. The molecule has 132 valence electrons. The first kappa shape index (κ1) is 16.4. The van der Waals surface area contributed by atoms with E-state index in [4.69, 9.17) is 8.83 Å². The minimum absolute atomic E-state index is 0.0632. The standard InChI is InChI=1S/C19H16N2O4S/c22-18(12-21-14-5-1-2-6-16(14)25-19(21)23)20-11-13(15-7-3-9-24-15)17-8-4-10-26-17/h1-10,13H,11-12H2,(H,20,22). The van der Waals surface area contributed by atoms with Crippen LogP contribution in [0.1, 0.15) is 16.6 Å². The maximum atomic E-state index is 12.4. The Morgan fingerprint density at radius 1 is 1.15 bits per heavy atom. The summed E-state index contributed by atoms with van der Waals surface area (Å²) in [6, 6.07) is 14.7. The summed E-state index contributed by atoms with van der Waals surface area (Å²) in [5.41, 5.74) is 1.07. The van der Waals surface area contributed by atoms with Crippen LogP contribution in [0.15, 0.2) is 73.8 Å². The zero-order valence-corrected chi connectivity index (χ0v) is 14.6. The highest BCUT2D eigenvalue weighted by Gasteiger charge is 2.20. The van der Waals surface area contributed by atoms with Gasteiger partial charge in [0.1, 0.15) is 12.3 Å². The van der Waals surface area contributed by atoms with Gasteiger partial charge in [0.05, 0.1) is 17.7 Å². The predicted octanol–water partition coefficient (Wildman–Crippen LogP) is 3.20. The van der Waals surface area contributed by atoms with E-state index < -0.39 is 5.76 Å². The zero-order valence-electron chi connectivity index (χ0n) is 13.8. The van der Waals surface area contributed by atoms with Crippen LogP contribution in [0.3, 0.4) is 0 Å². The van der Waals surface area contributed by atoms with Crippen molar-refractivity contribution in [1.29, 1.82) is 0 Å². The lowest BCUT2D eigenvalue weighted by atomic mass is 10.0. The SMILES string of the molecule is O=C(Cn1c(=O)oc2ccccc21)NCC(c1ccco1)c1cccs1. The maximum absolute atomic E-state index is 12.4. The molecule has 1 N–H and O–H groups in total. The Kier molecular flexibility index (Phi) is 4.45. The number of hydrogen-bond donors (Lipinski definition) is 1. The first-order valence-electron chi connectivity index (χ1n) is 8.14. The number of thiophene rings is 1. The van der Waals surface area contributed by atoms with Crippen molar-refractivity contribution < 1.29 is 13.6 Å². The molecule has 0 radical (unpaired) electrons. The smallest absolute Gasteiger partial charge is 0.420 e. The Balaban J connectivity index is 1.49. The van der Waals surface area contributed by atoms with Gasteiger partial charge in [-0.25, -0.2) is 4.79 Å². The molecule has 3 aromatic heterocycles. The monoisotopic (exact) mass is 368 g/mol. The van der Waals surface area contributed by atoms with Gasteiger partial charge in [0.2, 0.25) is 5.91 Å². The Hall–Kier alpha value is -3.06. The molecule has 1 atom stereocenters. The first-order valence-corrected chi connectivity index (χ1v) is 9.02. The molecule has 4 rings (SSSR count). The molecule has 0 fully saturated rings. The number of carbonyl (C=O) groups excluding carboxylic acids is 1. The van der Waals surface area contributed by atoms with Crippen molar-refractivity contribution in [3.63, 3.8) is 0 Å². The number of furan rings is 1. The summed E-state index contributed by atoms with van der Waals surface area (Å²) in [6.07, 6.45) is 1.62. The third kappa shape index (κ3) is 3.21. The van der Waals surface area contributed by atoms with E-state index in [2.05, 4.69) is 5.32 Å². The topological polar surface area (TPSA) is 77.4 Å². The van der Waals surface area contributed by atoms with Crippen molar-refractivity contribution >= 4 is 28.3 Å². The number of aromatic nitrogens is 1. The molecular formula is C19H16N2O4S. The maximum Gasteiger partial charge on any atom is 0.420 e. The number of nitrogens with one attached hydrogen (secondary N) is 1. The molecule has 0 saturated heterocycles. The van der Waals surface area contributed by atoms with Crippen LogP contribution in [0.4, 0.5) is 0 Å². The van der Waals surface area contributed by atoms with E-state index in [9.17, 15) is 9.59 Å². The van der Waals surface area contributed by atoms with E-state index in [0.717, 1.165) is 10.6 Å². The summed E-state index contributed by atoms with van der Waals surface area (Å²) < 4.78 is 12.0. The quantitative estimate of drug-likeness (QED) is 0.567. The van der Waals surface area contributed by atoms with Crippen molar-refractivity contribution in [2.75, 3.05) is 6.54 Å². The van der Waals surface area contributed by atoms with Crippen LogP contribution in [0.25, 0.3) is 11.1 Å². The van der Waals surface area contributed by atoms with Gasteiger partial charge in [-0.2, -0.15) is 0 Å². The second-order valence-corrected chi connectivity index (χ2v) is 6.79. The normalized spacial score (nSPS) is 12.3. The number of fused-ring (bicyclic) bond motifs is 1. The summed E-state index contributed by atoms with van der Waals surface area (Å²) in [4.78, 5) is 25.5. The molecule has 6 nitrogen and oxygen atoms in total. The molecule has 0 saturated carbocycles. The second kappa shape index (κ2) is 7.05. The number of carbonyl (C=O) groups is 1. The lowest BCUT2D eigenvalue weighted by Crippen LogP contribution is -2.33. The molecule has 0 spiro atoms. The molecule has 4 aromatic rings. The Morgan fingerprint density at radius 2 is 2.04 bits per heavy atom. The van der Waals surface area contributed by atoms with Crippen molar-refractivity contribution in [2.24, 2.45) is 0 Å². The van der Waals surface area contributed by atoms with Gasteiger partial charge in [0, 0.05) is 11.4 Å². The Morgan fingerprint density at radius 3 is 2.81 bits per heavy atom. The number of benzene rings is 1. The Bertz CT molecular complexity index is 1030. The van der Waals surface area contributed by atoms with E-state index in [1.54, 1.807) is 41.9 Å². The average molecular weight is 368 g/mol. The molecule has 26 heavy (non-hydrogen) atoms. The van der Waals surface area contributed by atoms with Crippen LogP contribution in [-0.4, -0.2) is 17.0 Å². The molecule has 0 aliphatic rings. The minimum Gasteiger partial charge on any atom is -0.469 e. The fourth-order valence-electron chi connectivity index (χ4n) is 2.90. The molecule has 0 aliphatic heterocycles. The van der Waals surface area contributed by atoms with E-state index in [-0.39, 0.29) is 18.4 Å². The van der Waals surface area contributed by atoms with Gasteiger partial charge < -0.3 is 14.2 Å². The summed E-state index contributed by atoms with van der Waals surface area (Å²) in [6.45, 7) is 0.294. The van der Waals surface area contributed by atoms with E-state index in [1.807, 2.05) is 29.6 Å². The van der Waals surface area contributed by atoms with Crippen molar-refractivity contribution in [3.05, 3.63) is 81.4 Å². The second-order valence-electron chi connectivity index (χ2n) is 5.81. The van der Waals surface area contributed by atoms with Crippen molar-refractivity contribution in [2.45, 2.75) is 12.5 Å². The Labute approximate surface area is 152 Å². The molecule has 0 bridgehead atoms. The van der Waals surface area contributed by atoms with E-state index in [0.29, 0.717) is 17.6 Å². The van der Waals surface area contributed by atoms with E-state index in [1.165, 1.54) is 4.57 Å². The fraction of sp³-hybridized carbons (Fsp3) is 0.158. The number of oxazole rings is 1. The minimum atomic E-state index is -0.540. The average Bonchev–Trinajstić information content (AvgIpc) is 3.38. The van der Waals surface area contributed by atoms with Gasteiger partial charge in [0.25, 0.3) is 0 Å². The molecule has 1 amide bonds. The first-order chi connectivity index (χ1) is 12.7. The van der Waals surface area contributed by atoms with Crippen LogP contribution in [0.2, 0.25) is 0 Å².